The topological polar surface area (TPSA) is 0 Å². The smallest absolute Gasteiger partial charge is 0.0105 e. The Morgan fingerprint density at radius 3 is 0.938 bits per heavy atom. The van der Waals surface area contributed by atoms with Gasteiger partial charge in [-0.25, -0.2) is 0 Å². The number of hydrogen-bond acceptors (Lipinski definition) is 0. The van der Waals surface area contributed by atoms with E-state index >= 15 is 0 Å². The van der Waals surface area contributed by atoms with E-state index in [9.17, 15) is 0 Å². The van der Waals surface area contributed by atoms with Crippen LogP contribution in [0, 0.1) is 13.8 Å². The predicted molar refractivity (Wildman–Crippen MR) is 212 cm³/mol. The Kier molecular flexibility index (Phi) is 6.69. The minimum absolute atomic E-state index is 1.20. The Bertz CT molecular complexity index is 2600. The molecule has 0 spiro atoms. The average molecular weight is 611 g/mol. The minimum atomic E-state index is 1.20. The Balaban J connectivity index is 0.965. The SMILES string of the molecule is Cc1ccc2cc3cc(/C=C/c4ccc5c(ccc6cc(/C=C/c7ccc8cc9cc(C)ccc9cc8c7)ccc65)c4)ccc3cc2c1. The molecule has 226 valence electrons. The molecule has 0 nitrogen and oxygen atoms in total. The maximum atomic E-state index is 2.30. The van der Waals surface area contributed by atoms with Crippen molar-refractivity contribution >= 4 is 88.9 Å². The molecule has 0 saturated heterocycles. The highest BCUT2D eigenvalue weighted by Crippen LogP contribution is 2.30. The lowest BCUT2D eigenvalue weighted by Gasteiger charge is -2.07. The van der Waals surface area contributed by atoms with Crippen LogP contribution in [0.3, 0.4) is 0 Å². The summed E-state index contributed by atoms with van der Waals surface area (Å²) in [4.78, 5) is 0. The molecular weight excluding hydrogens is 577 g/mol. The van der Waals surface area contributed by atoms with Gasteiger partial charge in [0.1, 0.15) is 0 Å². The van der Waals surface area contributed by atoms with E-state index in [1.54, 1.807) is 0 Å². The first-order chi connectivity index (χ1) is 23.5. The first-order valence-electron chi connectivity index (χ1n) is 16.7. The van der Waals surface area contributed by atoms with E-state index in [2.05, 4.69) is 184 Å². The van der Waals surface area contributed by atoms with Gasteiger partial charge in [0, 0.05) is 0 Å². The fourth-order valence-electron chi connectivity index (χ4n) is 7.18. The van der Waals surface area contributed by atoms with Gasteiger partial charge in [0.2, 0.25) is 0 Å². The van der Waals surface area contributed by atoms with E-state index in [1.165, 1.54) is 98.0 Å². The van der Waals surface area contributed by atoms with Crippen LogP contribution >= 0.6 is 0 Å². The van der Waals surface area contributed by atoms with Crippen molar-refractivity contribution in [3.8, 4) is 0 Å². The van der Waals surface area contributed by atoms with Crippen molar-refractivity contribution in [2.45, 2.75) is 13.8 Å². The van der Waals surface area contributed by atoms with Gasteiger partial charge in [-0.15, -0.1) is 0 Å². The molecule has 0 fully saturated rings. The van der Waals surface area contributed by atoms with Gasteiger partial charge < -0.3 is 0 Å². The zero-order chi connectivity index (χ0) is 32.2. The number of hydrogen-bond donors (Lipinski definition) is 0. The molecular formula is C48H34. The Labute approximate surface area is 280 Å². The molecule has 0 bridgehead atoms. The summed E-state index contributed by atoms with van der Waals surface area (Å²) in [6.07, 6.45) is 8.88. The van der Waals surface area contributed by atoms with Crippen molar-refractivity contribution in [2.24, 2.45) is 0 Å². The molecule has 0 radical (unpaired) electrons. The molecule has 9 aromatic carbocycles. The van der Waals surface area contributed by atoms with Crippen LogP contribution in [0.1, 0.15) is 33.4 Å². The maximum absolute atomic E-state index is 2.30. The van der Waals surface area contributed by atoms with Crippen molar-refractivity contribution < 1.29 is 0 Å². The monoisotopic (exact) mass is 610 g/mol. The van der Waals surface area contributed by atoms with Gasteiger partial charge in [0.15, 0.2) is 0 Å². The maximum Gasteiger partial charge on any atom is -0.0105 e. The van der Waals surface area contributed by atoms with E-state index < -0.39 is 0 Å². The molecule has 0 saturated carbocycles. The molecule has 9 aromatic rings. The van der Waals surface area contributed by atoms with Gasteiger partial charge in [-0.05, 0) is 149 Å². The number of rotatable bonds is 4. The van der Waals surface area contributed by atoms with Gasteiger partial charge >= 0.3 is 0 Å². The molecule has 0 heteroatoms. The molecule has 0 aliphatic carbocycles. The second-order valence-corrected chi connectivity index (χ2v) is 13.3. The summed E-state index contributed by atoms with van der Waals surface area (Å²) in [7, 11) is 0. The van der Waals surface area contributed by atoms with Crippen molar-refractivity contribution in [3.05, 3.63) is 179 Å². The third-order valence-corrected chi connectivity index (χ3v) is 9.77. The van der Waals surface area contributed by atoms with Gasteiger partial charge in [0.25, 0.3) is 0 Å². The molecule has 9 rings (SSSR count). The Morgan fingerprint density at radius 1 is 0.250 bits per heavy atom. The van der Waals surface area contributed by atoms with Crippen LogP contribution in [0.2, 0.25) is 0 Å². The lowest BCUT2D eigenvalue weighted by atomic mass is 9.97. The van der Waals surface area contributed by atoms with Crippen LogP contribution in [0.4, 0.5) is 0 Å². The highest BCUT2D eigenvalue weighted by Gasteiger charge is 2.04. The second-order valence-electron chi connectivity index (χ2n) is 13.3. The Hall–Kier alpha value is -5.98. The number of benzene rings is 9. The zero-order valence-electron chi connectivity index (χ0n) is 27.2. The summed E-state index contributed by atoms with van der Waals surface area (Å²) in [6, 6.07) is 54.1. The normalized spacial score (nSPS) is 12.2. The fourth-order valence-corrected chi connectivity index (χ4v) is 7.18. The standard InChI is InChI=1S/C48H34/c1-31-3-13-37-29-45-25-33(9-15-39(45)27-43(37)21-31)5-7-35-11-19-47-41(23-35)17-18-42-24-36(12-20-48(42)47)8-6-34-10-16-40-28-44-22-32(2)4-14-38(44)30-46(40)26-34/h3-30H,1-2H3/b7-5+,8-6+. The van der Waals surface area contributed by atoms with Crippen LogP contribution in [0.15, 0.2) is 146 Å². The van der Waals surface area contributed by atoms with E-state index in [-0.39, 0.29) is 0 Å². The van der Waals surface area contributed by atoms with Crippen LogP contribution in [-0.2, 0) is 0 Å². The van der Waals surface area contributed by atoms with E-state index in [4.69, 9.17) is 0 Å². The molecule has 0 aliphatic rings. The minimum Gasteiger partial charge on any atom is -0.0587 e. The van der Waals surface area contributed by atoms with Crippen molar-refractivity contribution in [3.63, 3.8) is 0 Å². The summed E-state index contributed by atoms with van der Waals surface area (Å²) in [6.45, 7) is 4.30. The highest BCUT2D eigenvalue weighted by atomic mass is 14.1. The summed E-state index contributed by atoms with van der Waals surface area (Å²) in [5, 5.41) is 15.3. The summed E-state index contributed by atoms with van der Waals surface area (Å²) < 4.78 is 0. The largest absolute Gasteiger partial charge is 0.0587 e. The third kappa shape index (κ3) is 5.32. The second kappa shape index (κ2) is 11.4. The molecule has 0 aliphatic heterocycles. The van der Waals surface area contributed by atoms with Crippen LogP contribution in [0.25, 0.3) is 88.9 Å². The lowest BCUT2D eigenvalue weighted by Crippen LogP contribution is -1.82. The van der Waals surface area contributed by atoms with Crippen LogP contribution in [0.5, 0.6) is 0 Å². The van der Waals surface area contributed by atoms with Gasteiger partial charge in [0.05, 0.1) is 0 Å². The summed E-state index contributed by atoms with van der Waals surface area (Å²) in [5.41, 5.74) is 7.41. The van der Waals surface area contributed by atoms with Crippen molar-refractivity contribution in [1.29, 1.82) is 0 Å². The zero-order valence-corrected chi connectivity index (χ0v) is 27.2. The van der Waals surface area contributed by atoms with Gasteiger partial charge in [-0.1, -0.05) is 132 Å². The first-order valence-corrected chi connectivity index (χ1v) is 16.7. The average Bonchev–Trinajstić information content (AvgIpc) is 3.11. The molecule has 0 amide bonds. The quantitative estimate of drug-likeness (QED) is 0.106. The lowest BCUT2D eigenvalue weighted by molar-refractivity contribution is 1.51. The molecule has 0 heterocycles. The molecule has 48 heavy (non-hydrogen) atoms. The van der Waals surface area contributed by atoms with Crippen LogP contribution < -0.4 is 0 Å². The van der Waals surface area contributed by atoms with E-state index in [0.717, 1.165) is 0 Å². The van der Waals surface area contributed by atoms with Gasteiger partial charge in [-0.2, -0.15) is 0 Å². The van der Waals surface area contributed by atoms with E-state index in [0.29, 0.717) is 0 Å². The summed E-state index contributed by atoms with van der Waals surface area (Å²) in [5.74, 6) is 0. The summed E-state index contributed by atoms with van der Waals surface area (Å²) >= 11 is 0. The number of fused-ring (bicyclic) bond motifs is 7. The third-order valence-electron chi connectivity index (χ3n) is 9.77. The highest BCUT2D eigenvalue weighted by molar-refractivity contribution is 6.09. The predicted octanol–water partition coefficient (Wildman–Crippen LogP) is 13.6. The van der Waals surface area contributed by atoms with Crippen molar-refractivity contribution in [1.82, 2.24) is 0 Å². The molecule has 0 N–H and O–H groups in total. The fraction of sp³-hybridized carbons (Fsp3) is 0.0417. The van der Waals surface area contributed by atoms with Crippen molar-refractivity contribution in [2.75, 3.05) is 0 Å². The number of aryl methyl sites for hydroxylation is 2. The van der Waals surface area contributed by atoms with E-state index in [1.807, 2.05) is 0 Å². The Morgan fingerprint density at radius 2 is 0.542 bits per heavy atom. The molecule has 0 atom stereocenters. The first kappa shape index (κ1) is 28.3. The molecule has 0 unspecified atom stereocenters. The molecule has 0 aromatic heterocycles. The van der Waals surface area contributed by atoms with Crippen LogP contribution in [-0.4, -0.2) is 0 Å². The van der Waals surface area contributed by atoms with Gasteiger partial charge in [-0.3, -0.25) is 0 Å².